The second-order valence-electron chi connectivity index (χ2n) is 6.74. The molecule has 4 rings (SSSR count). The monoisotopic (exact) mass is 396 g/mol. The minimum Gasteiger partial charge on any atom is -0.494 e. The van der Waals surface area contributed by atoms with Crippen molar-refractivity contribution in [2.45, 2.75) is 6.42 Å². The first kappa shape index (κ1) is 18.9. The van der Waals surface area contributed by atoms with Crippen LogP contribution in [-0.4, -0.2) is 64.3 Å². The molecule has 2 heterocycles. The molecule has 1 fully saturated rings. The van der Waals surface area contributed by atoms with Crippen LogP contribution in [0.4, 0.5) is 10.3 Å². The lowest BCUT2D eigenvalue weighted by Crippen LogP contribution is -2.50. The first-order valence-electron chi connectivity index (χ1n) is 9.34. The molecule has 0 N–H and O–H groups in total. The topological polar surface area (TPSA) is 76.4 Å². The van der Waals surface area contributed by atoms with Crippen LogP contribution in [0.25, 0.3) is 5.69 Å². The lowest BCUT2D eigenvalue weighted by molar-refractivity contribution is -0.130. The number of piperazine rings is 1. The molecule has 0 spiro atoms. The Kier molecular flexibility index (Phi) is 5.37. The highest BCUT2D eigenvalue weighted by Crippen LogP contribution is 2.20. The number of benzene rings is 2. The van der Waals surface area contributed by atoms with E-state index in [-0.39, 0.29) is 18.1 Å². The summed E-state index contributed by atoms with van der Waals surface area (Å²) in [5, 5.41) is 12.0. The molecule has 1 saturated heterocycles. The quantitative estimate of drug-likeness (QED) is 0.654. The van der Waals surface area contributed by atoms with Gasteiger partial charge in [0, 0.05) is 26.2 Å². The Hall–Kier alpha value is -3.49. The molecule has 29 heavy (non-hydrogen) atoms. The predicted octanol–water partition coefficient (Wildman–Crippen LogP) is 1.70. The zero-order valence-electron chi connectivity index (χ0n) is 16.0. The first-order chi connectivity index (χ1) is 14.2. The Bertz CT molecular complexity index is 986. The Labute approximate surface area is 167 Å². The third-order valence-electron chi connectivity index (χ3n) is 4.94. The smallest absolute Gasteiger partial charge is 0.250 e. The van der Waals surface area contributed by atoms with E-state index in [1.165, 1.54) is 13.2 Å². The Morgan fingerprint density at radius 2 is 1.86 bits per heavy atom. The number of amides is 1. The molecule has 1 aliphatic heterocycles. The van der Waals surface area contributed by atoms with E-state index in [0.29, 0.717) is 37.7 Å². The van der Waals surface area contributed by atoms with Crippen molar-refractivity contribution in [2.24, 2.45) is 0 Å². The Balaban J connectivity index is 1.38. The van der Waals surface area contributed by atoms with Crippen molar-refractivity contribution >= 4 is 11.9 Å². The van der Waals surface area contributed by atoms with E-state index in [1.54, 1.807) is 21.7 Å². The van der Waals surface area contributed by atoms with Gasteiger partial charge in [-0.1, -0.05) is 29.4 Å². The van der Waals surface area contributed by atoms with Gasteiger partial charge in [-0.2, -0.15) is 4.68 Å². The van der Waals surface area contributed by atoms with E-state index >= 15 is 0 Å². The highest BCUT2D eigenvalue weighted by Gasteiger charge is 2.25. The van der Waals surface area contributed by atoms with E-state index in [2.05, 4.69) is 20.4 Å². The third-order valence-corrected chi connectivity index (χ3v) is 4.94. The zero-order valence-corrected chi connectivity index (χ0v) is 16.0. The molecule has 0 saturated carbocycles. The normalized spacial score (nSPS) is 14.1. The summed E-state index contributed by atoms with van der Waals surface area (Å²) in [6, 6.07) is 14.3. The molecule has 150 valence electrons. The number of tetrazole rings is 1. The van der Waals surface area contributed by atoms with Crippen molar-refractivity contribution in [2.75, 3.05) is 38.2 Å². The van der Waals surface area contributed by atoms with Crippen LogP contribution in [0.15, 0.2) is 48.5 Å². The molecule has 2 aromatic carbocycles. The minimum atomic E-state index is -0.463. The molecule has 1 aromatic heterocycles. The molecule has 1 amide bonds. The van der Waals surface area contributed by atoms with Crippen LogP contribution >= 0.6 is 0 Å². The van der Waals surface area contributed by atoms with Crippen LogP contribution < -0.4 is 9.64 Å². The SMILES string of the molecule is COc1ccc(CC(=O)N2CCN(c3nnnn3-c3ccccc3)CC2)cc1F. The fourth-order valence-electron chi connectivity index (χ4n) is 3.38. The summed E-state index contributed by atoms with van der Waals surface area (Å²) in [4.78, 5) is 16.5. The number of methoxy groups -OCH3 is 1. The van der Waals surface area contributed by atoms with Crippen molar-refractivity contribution < 1.29 is 13.9 Å². The van der Waals surface area contributed by atoms with Crippen LogP contribution in [0.2, 0.25) is 0 Å². The largest absolute Gasteiger partial charge is 0.494 e. The van der Waals surface area contributed by atoms with Gasteiger partial charge in [-0.05, 0) is 40.3 Å². The molecule has 0 atom stereocenters. The van der Waals surface area contributed by atoms with Gasteiger partial charge in [0.05, 0.1) is 19.2 Å². The van der Waals surface area contributed by atoms with Crippen molar-refractivity contribution in [3.05, 3.63) is 59.9 Å². The van der Waals surface area contributed by atoms with E-state index < -0.39 is 5.82 Å². The molecule has 0 radical (unpaired) electrons. The maximum Gasteiger partial charge on any atom is 0.250 e. The van der Waals surface area contributed by atoms with Crippen LogP contribution in [0.1, 0.15) is 5.56 Å². The molecular formula is C20H21FN6O2. The number of rotatable bonds is 5. The lowest BCUT2D eigenvalue weighted by Gasteiger charge is -2.34. The highest BCUT2D eigenvalue weighted by atomic mass is 19.1. The molecule has 9 heteroatoms. The van der Waals surface area contributed by atoms with Gasteiger partial charge >= 0.3 is 0 Å². The zero-order chi connectivity index (χ0) is 20.2. The van der Waals surface area contributed by atoms with Crippen LogP contribution in [-0.2, 0) is 11.2 Å². The number of hydrogen-bond donors (Lipinski definition) is 0. The minimum absolute atomic E-state index is 0.0307. The average Bonchev–Trinajstić information content (AvgIpc) is 3.24. The third kappa shape index (κ3) is 4.03. The number of aromatic nitrogens is 4. The number of carbonyl (C=O) groups is 1. The van der Waals surface area contributed by atoms with Crippen molar-refractivity contribution in [1.29, 1.82) is 0 Å². The van der Waals surface area contributed by atoms with E-state index in [9.17, 15) is 9.18 Å². The number of halogens is 1. The number of para-hydroxylation sites is 1. The van der Waals surface area contributed by atoms with E-state index in [1.807, 2.05) is 30.3 Å². The van der Waals surface area contributed by atoms with Gasteiger partial charge in [-0.15, -0.1) is 0 Å². The first-order valence-corrected chi connectivity index (χ1v) is 9.34. The summed E-state index contributed by atoms with van der Waals surface area (Å²) >= 11 is 0. The van der Waals surface area contributed by atoms with Crippen LogP contribution in [0.5, 0.6) is 5.75 Å². The van der Waals surface area contributed by atoms with E-state index in [4.69, 9.17) is 4.74 Å². The second kappa shape index (κ2) is 8.26. The Morgan fingerprint density at radius 3 is 2.55 bits per heavy atom. The number of ether oxygens (including phenoxy) is 1. The highest BCUT2D eigenvalue weighted by molar-refractivity contribution is 5.79. The predicted molar refractivity (Wildman–Crippen MR) is 105 cm³/mol. The standard InChI is InChI=1S/C20H21FN6O2/c1-29-18-8-7-15(13-17(18)21)14-19(28)25-9-11-26(12-10-25)20-22-23-24-27(20)16-5-3-2-4-6-16/h2-8,13H,9-12,14H2,1H3. The maximum absolute atomic E-state index is 13.9. The summed E-state index contributed by atoms with van der Waals surface area (Å²) in [7, 11) is 1.41. The fraction of sp³-hybridized carbons (Fsp3) is 0.300. The molecule has 0 bridgehead atoms. The molecular weight excluding hydrogens is 375 g/mol. The second-order valence-corrected chi connectivity index (χ2v) is 6.74. The van der Waals surface area contributed by atoms with Gasteiger partial charge in [-0.25, -0.2) is 4.39 Å². The molecule has 0 aliphatic carbocycles. The fourth-order valence-corrected chi connectivity index (χ4v) is 3.38. The summed E-state index contributed by atoms with van der Waals surface area (Å²) < 4.78 is 20.5. The molecule has 1 aliphatic rings. The van der Waals surface area contributed by atoms with Crippen molar-refractivity contribution in [3.8, 4) is 11.4 Å². The Morgan fingerprint density at radius 1 is 1.10 bits per heavy atom. The molecule has 3 aromatic rings. The van der Waals surface area contributed by atoms with Crippen LogP contribution in [0, 0.1) is 5.82 Å². The van der Waals surface area contributed by atoms with Gasteiger partial charge in [0.2, 0.25) is 11.9 Å². The maximum atomic E-state index is 13.9. The lowest BCUT2D eigenvalue weighted by atomic mass is 10.1. The molecule has 0 unspecified atom stereocenters. The van der Waals surface area contributed by atoms with Crippen LogP contribution in [0.3, 0.4) is 0 Å². The number of nitrogens with zero attached hydrogens (tertiary/aromatic N) is 6. The summed E-state index contributed by atoms with van der Waals surface area (Å²) in [6.45, 7) is 2.35. The van der Waals surface area contributed by atoms with Gasteiger partial charge < -0.3 is 14.5 Å². The van der Waals surface area contributed by atoms with Gasteiger partial charge in [-0.3, -0.25) is 4.79 Å². The van der Waals surface area contributed by atoms with Gasteiger partial charge in [0.15, 0.2) is 11.6 Å². The summed E-state index contributed by atoms with van der Waals surface area (Å²) in [5.74, 6) is 0.332. The number of carbonyl (C=O) groups excluding carboxylic acids is 1. The summed E-state index contributed by atoms with van der Waals surface area (Å²) in [6.07, 6.45) is 0.155. The van der Waals surface area contributed by atoms with Gasteiger partial charge in [0.25, 0.3) is 0 Å². The average molecular weight is 396 g/mol. The molecule has 8 nitrogen and oxygen atoms in total. The van der Waals surface area contributed by atoms with E-state index in [0.717, 1.165) is 5.69 Å². The summed E-state index contributed by atoms with van der Waals surface area (Å²) in [5.41, 5.74) is 1.51. The van der Waals surface area contributed by atoms with Gasteiger partial charge in [0.1, 0.15) is 0 Å². The number of hydrogen-bond acceptors (Lipinski definition) is 6. The van der Waals surface area contributed by atoms with Crippen molar-refractivity contribution in [3.63, 3.8) is 0 Å². The van der Waals surface area contributed by atoms with Crippen molar-refractivity contribution in [1.82, 2.24) is 25.1 Å². The number of anilines is 1.